The van der Waals surface area contributed by atoms with Gasteiger partial charge in [-0.05, 0) is 30.5 Å². The molecule has 126 valence electrons. The molecule has 0 spiro atoms. The Morgan fingerprint density at radius 1 is 1.13 bits per heavy atom. The van der Waals surface area contributed by atoms with E-state index in [2.05, 4.69) is 35.9 Å². The highest BCUT2D eigenvalue weighted by Gasteiger charge is 2.08. The van der Waals surface area contributed by atoms with Gasteiger partial charge in [0.15, 0.2) is 0 Å². The number of nitrogens with one attached hydrogen (secondary N) is 2. The molecule has 0 amide bonds. The molecule has 0 saturated heterocycles. The fourth-order valence-electron chi connectivity index (χ4n) is 2.30. The zero-order valence-electron chi connectivity index (χ0n) is 13.9. The second-order valence-electron chi connectivity index (χ2n) is 6.21. The van der Waals surface area contributed by atoms with Crippen LogP contribution in [-0.4, -0.2) is 24.5 Å². The van der Waals surface area contributed by atoms with Crippen LogP contribution in [0.5, 0.6) is 0 Å². The van der Waals surface area contributed by atoms with Crippen molar-refractivity contribution in [2.45, 2.75) is 33.4 Å². The Morgan fingerprint density at radius 3 is 2.35 bits per heavy atom. The van der Waals surface area contributed by atoms with Crippen molar-refractivity contribution in [3.05, 3.63) is 42.2 Å². The molecule has 0 aliphatic carbocycles. The third-order valence-electron chi connectivity index (χ3n) is 3.28. The van der Waals surface area contributed by atoms with E-state index in [9.17, 15) is 8.42 Å². The van der Waals surface area contributed by atoms with Gasteiger partial charge in [0, 0.05) is 24.5 Å². The van der Waals surface area contributed by atoms with E-state index in [1.54, 1.807) is 12.1 Å². The number of rotatable bonds is 7. The molecule has 1 heterocycles. The van der Waals surface area contributed by atoms with Crippen LogP contribution < -0.4 is 10.0 Å². The summed E-state index contributed by atoms with van der Waals surface area (Å²) >= 11 is 0. The van der Waals surface area contributed by atoms with Gasteiger partial charge in [-0.15, -0.1) is 0 Å². The van der Waals surface area contributed by atoms with Crippen molar-refractivity contribution >= 4 is 21.4 Å². The number of nitrogens with zero attached hydrogens (tertiary/aromatic N) is 2. The number of hydrogen-bond donors (Lipinski definition) is 2. The lowest BCUT2D eigenvalue weighted by atomic mass is 10.1. The van der Waals surface area contributed by atoms with E-state index in [-0.39, 0.29) is 6.04 Å². The first-order chi connectivity index (χ1) is 10.7. The number of sulfonamides is 1. The van der Waals surface area contributed by atoms with E-state index in [1.807, 2.05) is 29.2 Å². The summed E-state index contributed by atoms with van der Waals surface area (Å²) in [4.78, 5) is 0. The Morgan fingerprint density at radius 2 is 1.78 bits per heavy atom. The summed E-state index contributed by atoms with van der Waals surface area (Å²) in [5.74, 6) is 0.551. The van der Waals surface area contributed by atoms with E-state index in [1.165, 1.54) is 0 Å². The van der Waals surface area contributed by atoms with Crippen LogP contribution in [0.2, 0.25) is 0 Å². The molecule has 2 N–H and O–H groups in total. The number of benzene rings is 1. The predicted octanol–water partition coefficient (Wildman–Crippen LogP) is 3.08. The van der Waals surface area contributed by atoms with Crippen molar-refractivity contribution in [3.63, 3.8) is 0 Å². The second kappa shape index (κ2) is 7.04. The summed E-state index contributed by atoms with van der Waals surface area (Å²) in [7, 11) is -3.24. The van der Waals surface area contributed by atoms with Gasteiger partial charge in [-0.3, -0.25) is 9.40 Å². The maximum absolute atomic E-state index is 11.2. The van der Waals surface area contributed by atoms with E-state index in [0.29, 0.717) is 11.6 Å². The summed E-state index contributed by atoms with van der Waals surface area (Å²) in [6.07, 6.45) is 4.95. The largest absolute Gasteiger partial charge is 0.376 e. The summed E-state index contributed by atoms with van der Waals surface area (Å²) in [6, 6.07) is 7.43. The van der Waals surface area contributed by atoms with Crippen molar-refractivity contribution in [2.24, 2.45) is 5.92 Å². The standard InChI is InChI=1S/C16H24N4O2S/c1-12(2)10-20-11-16(9-17-20)18-13(3)14-5-7-15(8-6-14)19-23(4,21)22/h5-9,11-13,18-19H,10H2,1-4H3. The summed E-state index contributed by atoms with van der Waals surface area (Å²) in [5, 5.41) is 7.73. The SMILES string of the molecule is CC(C)Cn1cc(NC(C)c2ccc(NS(C)(=O)=O)cc2)cn1. The van der Waals surface area contributed by atoms with Crippen LogP contribution in [0, 0.1) is 5.92 Å². The topological polar surface area (TPSA) is 76.0 Å². The van der Waals surface area contributed by atoms with Crippen molar-refractivity contribution in [3.8, 4) is 0 Å². The zero-order chi connectivity index (χ0) is 17.0. The Bertz CT molecular complexity index is 736. The highest BCUT2D eigenvalue weighted by molar-refractivity contribution is 7.92. The minimum Gasteiger partial charge on any atom is -0.376 e. The molecule has 1 unspecified atom stereocenters. The quantitative estimate of drug-likeness (QED) is 0.815. The monoisotopic (exact) mass is 336 g/mol. The van der Waals surface area contributed by atoms with Gasteiger partial charge in [0.2, 0.25) is 10.0 Å². The number of hydrogen-bond acceptors (Lipinski definition) is 4. The van der Waals surface area contributed by atoms with Gasteiger partial charge < -0.3 is 5.32 Å². The first-order valence-electron chi connectivity index (χ1n) is 7.59. The second-order valence-corrected chi connectivity index (χ2v) is 7.96. The molecule has 1 atom stereocenters. The molecular weight excluding hydrogens is 312 g/mol. The van der Waals surface area contributed by atoms with E-state index in [0.717, 1.165) is 24.1 Å². The molecule has 0 bridgehead atoms. The average molecular weight is 336 g/mol. The molecule has 7 heteroatoms. The summed E-state index contributed by atoms with van der Waals surface area (Å²) in [6.45, 7) is 7.26. The van der Waals surface area contributed by atoms with Gasteiger partial charge >= 0.3 is 0 Å². The third-order valence-corrected chi connectivity index (χ3v) is 3.89. The molecule has 0 radical (unpaired) electrons. The maximum Gasteiger partial charge on any atom is 0.229 e. The average Bonchev–Trinajstić information content (AvgIpc) is 2.84. The Labute approximate surface area is 138 Å². The van der Waals surface area contributed by atoms with Gasteiger partial charge in [-0.1, -0.05) is 26.0 Å². The molecule has 0 aliphatic heterocycles. The fourth-order valence-corrected chi connectivity index (χ4v) is 2.86. The fraction of sp³-hybridized carbons (Fsp3) is 0.438. The molecule has 2 aromatic rings. The van der Waals surface area contributed by atoms with Gasteiger partial charge in [-0.2, -0.15) is 5.10 Å². The zero-order valence-corrected chi connectivity index (χ0v) is 14.8. The highest BCUT2D eigenvalue weighted by Crippen LogP contribution is 2.21. The molecule has 0 fully saturated rings. The van der Waals surface area contributed by atoms with Gasteiger partial charge in [-0.25, -0.2) is 8.42 Å². The van der Waals surface area contributed by atoms with Gasteiger partial charge in [0.05, 0.1) is 18.1 Å². The molecule has 23 heavy (non-hydrogen) atoms. The highest BCUT2D eigenvalue weighted by atomic mass is 32.2. The van der Waals surface area contributed by atoms with Crippen LogP contribution in [-0.2, 0) is 16.6 Å². The van der Waals surface area contributed by atoms with Crippen LogP contribution in [0.3, 0.4) is 0 Å². The maximum atomic E-state index is 11.2. The Hall–Kier alpha value is -2.02. The first-order valence-corrected chi connectivity index (χ1v) is 9.49. The molecule has 0 aliphatic rings. The lowest BCUT2D eigenvalue weighted by Gasteiger charge is -2.15. The van der Waals surface area contributed by atoms with Crippen LogP contribution in [0.4, 0.5) is 11.4 Å². The van der Waals surface area contributed by atoms with Crippen LogP contribution in [0.25, 0.3) is 0 Å². The lowest BCUT2D eigenvalue weighted by Crippen LogP contribution is -2.10. The number of anilines is 2. The van der Waals surface area contributed by atoms with Crippen molar-refractivity contribution < 1.29 is 8.42 Å². The molecular formula is C16H24N4O2S. The third kappa shape index (κ3) is 5.59. The van der Waals surface area contributed by atoms with Crippen LogP contribution in [0.15, 0.2) is 36.7 Å². The van der Waals surface area contributed by atoms with E-state index >= 15 is 0 Å². The Kier molecular flexibility index (Phi) is 5.30. The minimum atomic E-state index is -3.24. The molecule has 1 aromatic carbocycles. The van der Waals surface area contributed by atoms with Crippen molar-refractivity contribution in [1.82, 2.24) is 9.78 Å². The van der Waals surface area contributed by atoms with Crippen LogP contribution in [0.1, 0.15) is 32.4 Å². The van der Waals surface area contributed by atoms with Gasteiger partial charge in [0.1, 0.15) is 0 Å². The van der Waals surface area contributed by atoms with Crippen molar-refractivity contribution in [2.75, 3.05) is 16.3 Å². The predicted molar refractivity (Wildman–Crippen MR) is 94.0 cm³/mol. The molecule has 6 nitrogen and oxygen atoms in total. The minimum absolute atomic E-state index is 0.0963. The van der Waals surface area contributed by atoms with Crippen LogP contribution >= 0.6 is 0 Å². The Balaban J connectivity index is 2.00. The lowest BCUT2D eigenvalue weighted by molar-refractivity contribution is 0.483. The smallest absolute Gasteiger partial charge is 0.229 e. The van der Waals surface area contributed by atoms with Gasteiger partial charge in [0.25, 0.3) is 0 Å². The number of aromatic nitrogens is 2. The first kappa shape index (κ1) is 17.3. The summed E-state index contributed by atoms with van der Waals surface area (Å²) < 4.78 is 26.8. The molecule has 2 rings (SSSR count). The normalized spacial score (nSPS) is 13.1. The summed E-state index contributed by atoms with van der Waals surface area (Å²) in [5.41, 5.74) is 2.60. The van der Waals surface area contributed by atoms with E-state index < -0.39 is 10.0 Å². The molecule has 0 saturated carbocycles. The molecule has 1 aromatic heterocycles. The van der Waals surface area contributed by atoms with E-state index in [4.69, 9.17) is 0 Å². The van der Waals surface area contributed by atoms with Crippen molar-refractivity contribution in [1.29, 1.82) is 0 Å².